The van der Waals surface area contributed by atoms with Gasteiger partial charge < -0.3 is 4.90 Å². The van der Waals surface area contributed by atoms with Crippen molar-refractivity contribution in [2.75, 3.05) is 4.90 Å². The Bertz CT molecular complexity index is 1310. The Hall–Kier alpha value is -4.10. The van der Waals surface area contributed by atoms with Gasteiger partial charge in [0.25, 0.3) is 0 Å². The predicted molar refractivity (Wildman–Crippen MR) is 138 cm³/mol. The molecule has 1 nitrogen and oxygen atoms in total. The molecule has 6 rings (SSSR count). The van der Waals surface area contributed by atoms with Crippen molar-refractivity contribution in [3.63, 3.8) is 0 Å². The summed E-state index contributed by atoms with van der Waals surface area (Å²) in [6, 6.07) is 48.4. The molecule has 0 bridgehead atoms. The van der Waals surface area contributed by atoms with E-state index in [4.69, 9.17) is 0 Å². The van der Waals surface area contributed by atoms with Gasteiger partial charge in [0.1, 0.15) is 0 Å². The minimum atomic E-state index is -0.406. The lowest BCUT2D eigenvalue weighted by molar-refractivity contribution is 0.731. The first-order valence-electron chi connectivity index (χ1n) is 11.5. The molecule has 1 aliphatic heterocycles. The lowest BCUT2D eigenvalue weighted by atomic mass is 9.62. The summed E-state index contributed by atoms with van der Waals surface area (Å²) in [4.78, 5) is 2.41. The van der Waals surface area contributed by atoms with Crippen LogP contribution in [0.5, 0.6) is 0 Å². The van der Waals surface area contributed by atoms with Crippen molar-refractivity contribution < 1.29 is 0 Å². The highest BCUT2D eigenvalue weighted by Gasteiger charge is 2.46. The maximum absolute atomic E-state index is 2.41. The highest BCUT2D eigenvalue weighted by Crippen LogP contribution is 2.57. The van der Waals surface area contributed by atoms with Gasteiger partial charge in [-0.1, -0.05) is 115 Å². The van der Waals surface area contributed by atoms with Gasteiger partial charge in [0.15, 0.2) is 0 Å². The molecule has 0 amide bonds. The van der Waals surface area contributed by atoms with E-state index in [2.05, 4.69) is 145 Å². The van der Waals surface area contributed by atoms with Crippen LogP contribution in [0.3, 0.4) is 0 Å². The van der Waals surface area contributed by atoms with Gasteiger partial charge in [-0.15, -0.1) is 0 Å². The van der Waals surface area contributed by atoms with Gasteiger partial charge in [-0.05, 0) is 53.4 Å². The molecule has 0 atom stereocenters. The van der Waals surface area contributed by atoms with Gasteiger partial charge in [-0.3, -0.25) is 0 Å². The van der Waals surface area contributed by atoms with Crippen molar-refractivity contribution in [1.82, 2.24) is 0 Å². The largest absolute Gasteiger partial charge is 0.310 e. The van der Waals surface area contributed by atoms with E-state index < -0.39 is 5.41 Å². The zero-order chi connectivity index (χ0) is 22.3. The van der Waals surface area contributed by atoms with Crippen LogP contribution in [0, 0.1) is 6.92 Å². The molecule has 0 spiro atoms. The molecule has 33 heavy (non-hydrogen) atoms. The lowest BCUT2D eigenvalue weighted by Crippen LogP contribution is -2.37. The van der Waals surface area contributed by atoms with Crippen LogP contribution in [0.2, 0.25) is 0 Å². The van der Waals surface area contributed by atoms with Crippen LogP contribution in [0.1, 0.15) is 27.8 Å². The van der Waals surface area contributed by atoms with Crippen LogP contribution in [-0.2, 0) is 5.41 Å². The molecule has 5 aromatic carbocycles. The Morgan fingerprint density at radius 3 is 1.36 bits per heavy atom. The Morgan fingerprint density at radius 2 is 0.879 bits per heavy atom. The van der Waals surface area contributed by atoms with Gasteiger partial charge in [-0.25, -0.2) is 0 Å². The Balaban J connectivity index is 1.76. The maximum Gasteiger partial charge on any atom is 0.0742 e. The smallest absolute Gasteiger partial charge is 0.0742 e. The van der Waals surface area contributed by atoms with Crippen LogP contribution < -0.4 is 4.90 Å². The third-order valence-electron chi connectivity index (χ3n) is 6.80. The number of benzene rings is 5. The molecule has 1 aliphatic rings. The summed E-state index contributed by atoms with van der Waals surface area (Å²) in [7, 11) is 0. The van der Waals surface area contributed by atoms with E-state index in [0.717, 1.165) is 0 Å². The van der Waals surface area contributed by atoms with Crippen LogP contribution in [0.15, 0.2) is 133 Å². The normalized spacial score (nSPS) is 13.8. The van der Waals surface area contributed by atoms with Gasteiger partial charge >= 0.3 is 0 Å². The van der Waals surface area contributed by atoms with Crippen LogP contribution in [0.25, 0.3) is 0 Å². The number of hydrogen-bond acceptors (Lipinski definition) is 1. The molecule has 0 N–H and O–H groups in total. The van der Waals surface area contributed by atoms with Crippen LogP contribution in [-0.4, -0.2) is 0 Å². The third kappa shape index (κ3) is 2.93. The van der Waals surface area contributed by atoms with Crippen LogP contribution >= 0.6 is 0 Å². The quantitative estimate of drug-likeness (QED) is 0.277. The molecule has 0 saturated carbocycles. The van der Waals surface area contributed by atoms with E-state index in [0.29, 0.717) is 0 Å². The summed E-state index contributed by atoms with van der Waals surface area (Å²) in [5.41, 5.74) is 9.61. The second kappa shape index (κ2) is 7.79. The SMILES string of the molecule is Cc1ccc(N2c3ccccc3C(c3ccccc3)(c3ccccc3)c3ccccc32)cc1. The van der Waals surface area contributed by atoms with E-state index in [-0.39, 0.29) is 0 Å². The van der Waals surface area contributed by atoms with Gasteiger partial charge in [0.05, 0.1) is 16.8 Å². The Morgan fingerprint density at radius 1 is 0.455 bits per heavy atom. The monoisotopic (exact) mass is 423 g/mol. The van der Waals surface area contributed by atoms with E-state index in [1.165, 1.54) is 44.9 Å². The van der Waals surface area contributed by atoms with Gasteiger partial charge in [0, 0.05) is 5.69 Å². The lowest BCUT2D eigenvalue weighted by Gasteiger charge is -2.46. The van der Waals surface area contributed by atoms with E-state index in [1.807, 2.05) is 0 Å². The summed E-state index contributed by atoms with van der Waals surface area (Å²) in [5, 5.41) is 0. The zero-order valence-corrected chi connectivity index (χ0v) is 18.6. The third-order valence-corrected chi connectivity index (χ3v) is 6.80. The molecular weight excluding hydrogens is 398 g/mol. The molecule has 158 valence electrons. The summed E-state index contributed by atoms with van der Waals surface area (Å²) in [6.07, 6.45) is 0. The molecule has 0 unspecified atom stereocenters. The minimum absolute atomic E-state index is 0.406. The summed E-state index contributed by atoms with van der Waals surface area (Å²) >= 11 is 0. The van der Waals surface area contributed by atoms with Crippen molar-refractivity contribution in [3.8, 4) is 0 Å². The number of fused-ring (bicyclic) bond motifs is 2. The second-order valence-electron chi connectivity index (χ2n) is 8.69. The number of rotatable bonds is 3. The summed E-state index contributed by atoms with van der Waals surface area (Å²) in [6.45, 7) is 2.14. The fourth-order valence-corrected chi connectivity index (χ4v) is 5.38. The molecule has 0 aromatic heterocycles. The van der Waals surface area contributed by atoms with Crippen molar-refractivity contribution >= 4 is 17.1 Å². The molecule has 0 aliphatic carbocycles. The molecule has 0 radical (unpaired) electrons. The average molecular weight is 424 g/mol. The van der Waals surface area contributed by atoms with Crippen molar-refractivity contribution in [3.05, 3.63) is 161 Å². The fourth-order valence-electron chi connectivity index (χ4n) is 5.38. The van der Waals surface area contributed by atoms with E-state index in [9.17, 15) is 0 Å². The molecule has 1 heteroatoms. The number of para-hydroxylation sites is 2. The minimum Gasteiger partial charge on any atom is -0.310 e. The molecule has 1 heterocycles. The van der Waals surface area contributed by atoms with Gasteiger partial charge in [-0.2, -0.15) is 0 Å². The Labute approximate surface area is 195 Å². The number of nitrogens with zero attached hydrogens (tertiary/aromatic N) is 1. The highest BCUT2D eigenvalue weighted by atomic mass is 15.2. The van der Waals surface area contributed by atoms with Gasteiger partial charge in [0.2, 0.25) is 0 Å². The van der Waals surface area contributed by atoms with Crippen molar-refractivity contribution in [2.45, 2.75) is 12.3 Å². The highest BCUT2D eigenvalue weighted by molar-refractivity contribution is 5.89. The number of aryl methyl sites for hydroxylation is 1. The summed E-state index contributed by atoms with van der Waals surface area (Å²) in [5.74, 6) is 0. The number of anilines is 3. The topological polar surface area (TPSA) is 3.24 Å². The van der Waals surface area contributed by atoms with Crippen molar-refractivity contribution in [1.29, 1.82) is 0 Å². The molecule has 0 fully saturated rings. The standard InChI is InChI=1S/C32H25N/c1-24-20-22-27(23-21-24)33-30-18-10-8-16-28(30)32(25-12-4-2-5-13-25,26-14-6-3-7-15-26)29-17-9-11-19-31(29)33/h2-23H,1H3. The molecule has 0 saturated heterocycles. The van der Waals surface area contributed by atoms with E-state index in [1.54, 1.807) is 0 Å². The summed E-state index contributed by atoms with van der Waals surface area (Å²) < 4.78 is 0. The predicted octanol–water partition coefficient (Wildman–Crippen LogP) is 8.16. The van der Waals surface area contributed by atoms with E-state index >= 15 is 0 Å². The maximum atomic E-state index is 2.41. The first kappa shape index (κ1) is 19.6. The zero-order valence-electron chi connectivity index (χ0n) is 18.6. The number of hydrogen-bond donors (Lipinski definition) is 0. The molecular formula is C32H25N. The fraction of sp³-hybridized carbons (Fsp3) is 0.0625. The van der Waals surface area contributed by atoms with Crippen LogP contribution in [0.4, 0.5) is 17.1 Å². The first-order valence-corrected chi connectivity index (χ1v) is 11.5. The first-order chi connectivity index (χ1) is 16.3. The Kier molecular flexibility index (Phi) is 4.62. The van der Waals surface area contributed by atoms with Crippen molar-refractivity contribution in [2.24, 2.45) is 0 Å². The molecule has 5 aromatic rings. The second-order valence-corrected chi connectivity index (χ2v) is 8.69. The average Bonchev–Trinajstić information content (AvgIpc) is 2.89.